The minimum Gasteiger partial charge on any atom is -0.488 e. The number of ether oxygens (including phenoxy) is 2. The lowest BCUT2D eigenvalue weighted by Crippen LogP contribution is -2.30. The molecule has 27 heavy (non-hydrogen) atoms. The van der Waals surface area contributed by atoms with E-state index in [1.807, 2.05) is 12.1 Å². The topological polar surface area (TPSA) is 64.6 Å². The molecule has 1 amide bonds. The lowest BCUT2D eigenvalue weighted by atomic mass is 10.1. The average Bonchev–Trinajstić information content (AvgIpc) is 2.65. The molecule has 2 aromatic rings. The third-order valence-corrected chi connectivity index (χ3v) is 4.04. The smallest absolute Gasteiger partial charge is 0.342 e. The molecule has 0 radical (unpaired) electrons. The van der Waals surface area contributed by atoms with Gasteiger partial charge < -0.3 is 14.8 Å². The Balaban J connectivity index is 1.88. The Hall–Kier alpha value is -2.53. The third kappa shape index (κ3) is 7.31. The van der Waals surface area contributed by atoms with Crippen molar-refractivity contribution in [2.45, 2.75) is 26.9 Å². The lowest BCUT2D eigenvalue weighted by molar-refractivity contribution is -0.124. The van der Waals surface area contributed by atoms with Crippen molar-refractivity contribution in [1.29, 1.82) is 0 Å². The Bertz CT molecular complexity index is 759. The molecule has 0 fully saturated rings. The maximum Gasteiger partial charge on any atom is 0.342 e. The van der Waals surface area contributed by atoms with E-state index in [0.29, 0.717) is 23.2 Å². The van der Waals surface area contributed by atoms with E-state index in [4.69, 9.17) is 21.1 Å². The van der Waals surface area contributed by atoms with Crippen LogP contribution >= 0.6 is 11.6 Å². The molecule has 0 unspecified atom stereocenters. The second kappa shape index (κ2) is 10.6. The van der Waals surface area contributed by atoms with Crippen LogP contribution < -0.4 is 10.1 Å². The normalized spacial score (nSPS) is 10.5. The van der Waals surface area contributed by atoms with Crippen molar-refractivity contribution in [2.75, 3.05) is 13.2 Å². The van der Waals surface area contributed by atoms with Gasteiger partial charge in [-0.15, -0.1) is 0 Å². The summed E-state index contributed by atoms with van der Waals surface area (Å²) in [6.45, 7) is 4.69. The van der Waals surface area contributed by atoms with Crippen LogP contribution in [0.15, 0.2) is 48.5 Å². The first-order valence-electron chi connectivity index (χ1n) is 8.86. The van der Waals surface area contributed by atoms with Crippen LogP contribution in [0.5, 0.6) is 5.75 Å². The molecule has 0 heterocycles. The molecule has 0 spiro atoms. The number of para-hydroxylation sites is 1. The molecule has 2 aromatic carbocycles. The van der Waals surface area contributed by atoms with Crippen LogP contribution in [0.25, 0.3) is 0 Å². The van der Waals surface area contributed by atoms with Gasteiger partial charge in [0.2, 0.25) is 0 Å². The van der Waals surface area contributed by atoms with Crippen molar-refractivity contribution in [3.63, 3.8) is 0 Å². The van der Waals surface area contributed by atoms with Crippen LogP contribution in [0.1, 0.15) is 36.2 Å². The van der Waals surface area contributed by atoms with Gasteiger partial charge in [0, 0.05) is 11.6 Å². The highest BCUT2D eigenvalue weighted by atomic mass is 35.5. The number of nitrogens with one attached hydrogen (secondary N) is 1. The van der Waals surface area contributed by atoms with E-state index >= 15 is 0 Å². The highest BCUT2D eigenvalue weighted by Crippen LogP contribution is 2.21. The fourth-order valence-corrected chi connectivity index (χ4v) is 2.39. The summed E-state index contributed by atoms with van der Waals surface area (Å²) >= 11 is 5.87. The molecule has 144 valence electrons. The van der Waals surface area contributed by atoms with Gasteiger partial charge >= 0.3 is 5.97 Å². The molecule has 0 atom stereocenters. The molecule has 2 rings (SSSR count). The summed E-state index contributed by atoms with van der Waals surface area (Å²) < 4.78 is 10.8. The van der Waals surface area contributed by atoms with Crippen LogP contribution in [0.3, 0.4) is 0 Å². The van der Waals surface area contributed by atoms with E-state index in [2.05, 4.69) is 19.2 Å². The number of halogens is 1. The zero-order valence-corrected chi connectivity index (χ0v) is 16.3. The van der Waals surface area contributed by atoms with Gasteiger partial charge in [0.05, 0.1) is 0 Å². The second-order valence-electron chi connectivity index (χ2n) is 6.52. The van der Waals surface area contributed by atoms with E-state index in [9.17, 15) is 9.59 Å². The number of esters is 1. The molecule has 1 N–H and O–H groups in total. The number of carbonyl (C=O) groups excluding carboxylic acids is 2. The molecule has 0 aliphatic rings. The van der Waals surface area contributed by atoms with Crippen LogP contribution in [0.4, 0.5) is 0 Å². The average molecular weight is 390 g/mol. The van der Waals surface area contributed by atoms with E-state index in [0.717, 1.165) is 12.0 Å². The van der Waals surface area contributed by atoms with Gasteiger partial charge in [-0.1, -0.05) is 49.7 Å². The van der Waals surface area contributed by atoms with Crippen LogP contribution in [0, 0.1) is 5.92 Å². The summed E-state index contributed by atoms with van der Waals surface area (Å²) in [7, 11) is 0. The maximum atomic E-state index is 12.3. The van der Waals surface area contributed by atoms with Crippen LogP contribution in [-0.4, -0.2) is 25.0 Å². The van der Waals surface area contributed by atoms with Gasteiger partial charge in [0.25, 0.3) is 5.91 Å². The van der Waals surface area contributed by atoms with Crippen molar-refractivity contribution in [3.8, 4) is 5.75 Å². The van der Waals surface area contributed by atoms with E-state index in [-0.39, 0.29) is 24.7 Å². The molecule has 0 aromatic heterocycles. The van der Waals surface area contributed by atoms with Gasteiger partial charge in [-0.25, -0.2) is 4.79 Å². The molecule has 5 nitrogen and oxygen atoms in total. The van der Waals surface area contributed by atoms with E-state index < -0.39 is 5.97 Å². The van der Waals surface area contributed by atoms with Crippen molar-refractivity contribution >= 4 is 23.5 Å². The van der Waals surface area contributed by atoms with Crippen molar-refractivity contribution in [1.82, 2.24) is 5.32 Å². The highest BCUT2D eigenvalue weighted by Gasteiger charge is 2.15. The van der Waals surface area contributed by atoms with E-state index in [1.54, 1.807) is 36.4 Å². The van der Waals surface area contributed by atoms with Gasteiger partial charge in [0.1, 0.15) is 17.9 Å². The number of benzene rings is 2. The Labute approximate surface area is 164 Å². The van der Waals surface area contributed by atoms with Gasteiger partial charge in [-0.2, -0.15) is 0 Å². The molecular weight excluding hydrogens is 366 g/mol. The Morgan fingerprint density at radius 2 is 1.78 bits per heavy atom. The molecule has 0 aliphatic carbocycles. The minimum atomic E-state index is -0.597. The SMILES string of the molecule is CC(C)CCNC(=O)COC(=O)c1ccccc1OCc1ccc(Cl)cc1. The summed E-state index contributed by atoms with van der Waals surface area (Å²) in [4.78, 5) is 24.1. The predicted molar refractivity (Wildman–Crippen MR) is 105 cm³/mol. The Morgan fingerprint density at radius 1 is 1.07 bits per heavy atom. The summed E-state index contributed by atoms with van der Waals surface area (Å²) in [6.07, 6.45) is 0.876. The second-order valence-corrected chi connectivity index (χ2v) is 6.96. The number of hydrogen-bond acceptors (Lipinski definition) is 4. The summed E-state index contributed by atoms with van der Waals surface area (Å²) in [6, 6.07) is 14.0. The Kier molecular flexibility index (Phi) is 8.14. The molecule has 6 heteroatoms. The van der Waals surface area contributed by atoms with Gasteiger partial charge in [0.15, 0.2) is 6.61 Å². The number of amides is 1. The Morgan fingerprint density at radius 3 is 2.48 bits per heavy atom. The number of hydrogen-bond donors (Lipinski definition) is 1. The van der Waals surface area contributed by atoms with Crippen molar-refractivity contribution in [3.05, 3.63) is 64.7 Å². The molecule has 0 saturated heterocycles. The quantitative estimate of drug-likeness (QED) is 0.651. The van der Waals surface area contributed by atoms with Gasteiger partial charge in [-0.05, 0) is 42.2 Å². The third-order valence-electron chi connectivity index (χ3n) is 3.79. The minimum absolute atomic E-state index is 0.279. The van der Waals surface area contributed by atoms with E-state index in [1.165, 1.54) is 0 Å². The first-order chi connectivity index (χ1) is 13.0. The molecule has 0 bridgehead atoms. The lowest BCUT2D eigenvalue weighted by Gasteiger charge is -2.12. The molecular formula is C21H24ClNO4. The summed E-state index contributed by atoms with van der Waals surface area (Å²) in [5.41, 5.74) is 1.20. The predicted octanol–water partition coefficient (Wildman–Crippen LogP) is 4.24. The highest BCUT2D eigenvalue weighted by molar-refractivity contribution is 6.30. The maximum absolute atomic E-state index is 12.3. The fraction of sp³-hybridized carbons (Fsp3) is 0.333. The monoisotopic (exact) mass is 389 g/mol. The van der Waals surface area contributed by atoms with Gasteiger partial charge in [-0.3, -0.25) is 4.79 Å². The summed E-state index contributed by atoms with van der Waals surface area (Å²) in [5, 5.41) is 3.38. The van der Waals surface area contributed by atoms with Crippen LogP contribution in [-0.2, 0) is 16.1 Å². The first-order valence-corrected chi connectivity index (χ1v) is 9.23. The zero-order chi connectivity index (χ0) is 19.6. The zero-order valence-electron chi connectivity index (χ0n) is 15.5. The van der Waals surface area contributed by atoms with Crippen molar-refractivity contribution in [2.24, 2.45) is 5.92 Å². The molecule has 0 aliphatic heterocycles. The van der Waals surface area contributed by atoms with Crippen molar-refractivity contribution < 1.29 is 19.1 Å². The fourth-order valence-electron chi connectivity index (χ4n) is 2.26. The standard InChI is InChI=1S/C21H24ClNO4/c1-15(2)11-12-23-20(24)14-27-21(25)18-5-3-4-6-19(18)26-13-16-7-9-17(22)10-8-16/h3-10,15H,11-14H2,1-2H3,(H,23,24). The van der Waals surface area contributed by atoms with Crippen LogP contribution in [0.2, 0.25) is 5.02 Å². The number of carbonyl (C=O) groups is 2. The number of rotatable bonds is 9. The molecule has 0 saturated carbocycles. The largest absolute Gasteiger partial charge is 0.488 e. The summed E-state index contributed by atoms with van der Waals surface area (Å²) in [5.74, 6) is -0.0144. The first kappa shape index (κ1) is 20.8.